The smallest absolute Gasteiger partial charge is 0.429 e. The lowest BCUT2D eigenvalue weighted by Gasteiger charge is -2.53. The minimum absolute atomic E-state index is 0.0152. The molecule has 3 aliphatic carbocycles. The predicted molar refractivity (Wildman–Crippen MR) is 120 cm³/mol. The molecule has 3 fully saturated rings. The average Bonchev–Trinajstić information content (AvgIpc) is 2.80. The van der Waals surface area contributed by atoms with Crippen LogP contribution in [0.4, 0.5) is 0 Å². The predicted octanol–water partition coefficient (Wildman–Crippen LogP) is 1.88. The van der Waals surface area contributed by atoms with E-state index in [2.05, 4.69) is 17.4 Å². The molecule has 169 valence electrons. The van der Waals surface area contributed by atoms with Crippen LogP contribution in [0, 0.1) is 5.41 Å². The molecule has 1 aromatic rings. The minimum atomic E-state index is -0.657. The molecule has 1 atom stereocenters. The molecule has 8 nitrogen and oxygen atoms in total. The van der Waals surface area contributed by atoms with Crippen molar-refractivity contribution in [1.82, 2.24) is 10.2 Å². The van der Waals surface area contributed by atoms with Crippen molar-refractivity contribution in [3.63, 3.8) is 0 Å². The van der Waals surface area contributed by atoms with E-state index in [9.17, 15) is 4.79 Å². The molecule has 3 saturated carbocycles. The van der Waals surface area contributed by atoms with Crippen molar-refractivity contribution in [2.45, 2.75) is 68.6 Å². The third-order valence-electron chi connectivity index (χ3n) is 7.26. The maximum atomic E-state index is 12.7. The molecule has 0 heterocycles. The Morgan fingerprint density at radius 1 is 1.26 bits per heavy atom. The maximum Gasteiger partial charge on any atom is 0.486 e. The Bertz CT molecular complexity index is 749. The fourth-order valence-corrected chi connectivity index (χ4v) is 4.98. The second-order valence-electron chi connectivity index (χ2n) is 8.90. The first-order valence-electron chi connectivity index (χ1n) is 11.0. The molecule has 0 unspecified atom stereocenters. The van der Waals surface area contributed by atoms with Crippen LogP contribution in [0.15, 0.2) is 24.3 Å². The standard InChI is InChI=1S/C22H34BN4O4/c1-27(20(24)25)15-3-4-18(31-23-29)26-19(28)16-5-7-17(8-6-16)21-9-12-22(30-2,13-10-21)14-11-21/h5-8,18,29H,3-4,9-15H2,1-2H3,(H3,24,25)(H,26,28)/t18-,21?,22?/m1/s1. The molecule has 4 rings (SSSR count). The van der Waals surface area contributed by atoms with Crippen molar-refractivity contribution in [1.29, 1.82) is 5.41 Å². The van der Waals surface area contributed by atoms with Crippen LogP contribution in [0.2, 0.25) is 0 Å². The lowest BCUT2D eigenvalue weighted by Crippen LogP contribution is -2.49. The second-order valence-corrected chi connectivity index (χ2v) is 8.90. The summed E-state index contributed by atoms with van der Waals surface area (Å²) >= 11 is 0. The second kappa shape index (κ2) is 10.0. The molecule has 0 spiro atoms. The normalized spacial score (nSPS) is 25.6. The third kappa shape index (κ3) is 5.40. The molecule has 2 bridgehead atoms. The number of ether oxygens (including phenoxy) is 1. The van der Waals surface area contributed by atoms with Gasteiger partial charge in [0.2, 0.25) is 0 Å². The van der Waals surface area contributed by atoms with Gasteiger partial charge in [-0.05, 0) is 74.5 Å². The van der Waals surface area contributed by atoms with Gasteiger partial charge in [0.15, 0.2) is 5.96 Å². The first kappa shape index (κ1) is 23.6. The monoisotopic (exact) mass is 429 g/mol. The topological polar surface area (TPSA) is 121 Å². The van der Waals surface area contributed by atoms with Crippen molar-refractivity contribution in [2.75, 3.05) is 20.7 Å². The van der Waals surface area contributed by atoms with E-state index in [1.807, 2.05) is 19.2 Å². The number of fused-ring (bicyclic) bond motifs is 3. The van der Waals surface area contributed by atoms with Gasteiger partial charge in [-0.15, -0.1) is 0 Å². The Kier molecular flexibility index (Phi) is 7.62. The van der Waals surface area contributed by atoms with E-state index < -0.39 is 6.23 Å². The quantitative estimate of drug-likeness (QED) is 0.195. The van der Waals surface area contributed by atoms with Crippen LogP contribution in [0.3, 0.4) is 0 Å². The van der Waals surface area contributed by atoms with Gasteiger partial charge in [-0.2, -0.15) is 0 Å². The van der Waals surface area contributed by atoms with E-state index in [-0.39, 0.29) is 22.9 Å². The van der Waals surface area contributed by atoms with Gasteiger partial charge in [-0.3, -0.25) is 10.2 Å². The molecule has 3 aliphatic rings. The number of benzene rings is 1. The zero-order valence-corrected chi connectivity index (χ0v) is 18.5. The summed E-state index contributed by atoms with van der Waals surface area (Å²) in [6.45, 7) is 0.553. The van der Waals surface area contributed by atoms with Gasteiger partial charge < -0.3 is 30.4 Å². The minimum Gasteiger partial charge on any atom is -0.429 e. The number of rotatable bonds is 10. The molecule has 9 heteroatoms. The van der Waals surface area contributed by atoms with Crippen LogP contribution < -0.4 is 11.1 Å². The lowest BCUT2D eigenvalue weighted by atomic mass is 9.56. The fraction of sp³-hybridized carbons (Fsp3) is 0.636. The van der Waals surface area contributed by atoms with Crippen LogP contribution in [0.25, 0.3) is 0 Å². The first-order chi connectivity index (χ1) is 14.8. The highest BCUT2D eigenvalue weighted by Gasteiger charge is 2.49. The Morgan fingerprint density at radius 3 is 2.39 bits per heavy atom. The number of hydrogen-bond donors (Lipinski definition) is 4. The summed E-state index contributed by atoms with van der Waals surface area (Å²) in [5.41, 5.74) is 7.58. The summed E-state index contributed by atoms with van der Waals surface area (Å²) in [5.74, 6) is -0.264. The number of carbonyl (C=O) groups excluding carboxylic acids is 1. The van der Waals surface area contributed by atoms with Gasteiger partial charge in [-0.25, -0.2) is 0 Å². The summed E-state index contributed by atoms with van der Waals surface area (Å²) in [6, 6.07) is 7.90. The lowest BCUT2D eigenvalue weighted by molar-refractivity contribution is -0.0955. The van der Waals surface area contributed by atoms with Crippen LogP contribution in [-0.2, 0) is 14.8 Å². The summed E-state index contributed by atoms with van der Waals surface area (Å²) in [7, 11) is 4.15. The number of methoxy groups -OCH3 is 1. The SMILES string of the molecule is COC12CCC(c3ccc(C(=O)N[C@@H](CCCN(C)C(=N)N)O[B]O)cc3)(CC1)CC2. The van der Waals surface area contributed by atoms with Crippen molar-refractivity contribution >= 4 is 19.6 Å². The molecule has 1 radical (unpaired) electrons. The number of nitrogens with zero attached hydrogens (tertiary/aromatic N) is 1. The largest absolute Gasteiger partial charge is 0.486 e. The van der Waals surface area contributed by atoms with E-state index in [0.717, 1.165) is 38.5 Å². The fourth-order valence-electron chi connectivity index (χ4n) is 4.98. The molecule has 1 amide bonds. The average molecular weight is 429 g/mol. The summed E-state index contributed by atoms with van der Waals surface area (Å²) in [5, 5.41) is 19.2. The molecule has 5 N–H and O–H groups in total. The van der Waals surface area contributed by atoms with E-state index >= 15 is 0 Å². The van der Waals surface area contributed by atoms with Crippen LogP contribution in [-0.4, -0.2) is 62.0 Å². The summed E-state index contributed by atoms with van der Waals surface area (Å²) in [4.78, 5) is 14.3. The van der Waals surface area contributed by atoms with Crippen molar-refractivity contribution in [2.24, 2.45) is 5.73 Å². The molecule has 0 saturated heterocycles. The van der Waals surface area contributed by atoms with Gasteiger partial charge >= 0.3 is 7.69 Å². The molecule has 0 aliphatic heterocycles. The van der Waals surface area contributed by atoms with Gasteiger partial charge in [0, 0.05) is 26.3 Å². The van der Waals surface area contributed by atoms with E-state index in [1.54, 1.807) is 11.9 Å². The number of carbonyl (C=O) groups is 1. The number of hydrogen-bond acceptors (Lipinski definition) is 5. The van der Waals surface area contributed by atoms with Gasteiger partial charge in [0.25, 0.3) is 5.91 Å². The van der Waals surface area contributed by atoms with Gasteiger partial charge in [0.05, 0.1) is 5.60 Å². The van der Waals surface area contributed by atoms with Crippen molar-refractivity contribution in [3.05, 3.63) is 35.4 Å². The zero-order valence-electron chi connectivity index (χ0n) is 18.5. The van der Waals surface area contributed by atoms with Crippen molar-refractivity contribution < 1.29 is 19.2 Å². The summed E-state index contributed by atoms with van der Waals surface area (Å²) in [6.07, 6.45) is 7.14. The molecular formula is C22H34BN4O4. The number of amides is 1. The maximum absolute atomic E-state index is 12.7. The Morgan fingerprint density at radius 2 is 1.87 bits per heavy atom. The van der Waals surface area contributed by atoms with Gasteiger partial charge in [-0.1, -0.05) is 12.1 Å². The number of nitrogens with two attached hydrogens (primary N) is 1. The Hall–Kier alpha value is -2.10. The third-order valence-corrected chi connectivity index (χ3v) is 7.26. The van der Waals surface area contributed by atoms with E-state index in [1.165, 1.54) is 5.56 Å². The van der Waals surface area contributed by atoms with Crippen LogP contribution >= 0.6 is 0 Å². The van der Waals surface area contributed by atoms with Crippen LogP contribution in [0.5, 0.6) is 0 Å². The van der Waals surface area contributed by atoms with Crippen LogP contribution in [0.1, 0.15) is 67.3 Å². The molecule has 31 heavy (non-hydrogen) atoms. The number of guanidine groups is 1. The van der Waals surface area contributed by atoms with Gasteiger partial charge in [0.1, 0.15) is 6.23 Å². The number of nitrogens with one attached hydrogen (secondary N) is 2. The highest BCUT2D eigenvalue weighted by molar-refractivity contribution is 6.16. The first-order valence-corrected chi connectivity index (χ1v) is 11.0. The highest BCUT2D eigenvalue weighted by atomic mass is 16.5. The molecular weight excluding hydrogens is 395 g/mol. The van der Waals surface area contributed by atoms with Crippen molar-refractivity contribution in [3.8, 4) is 0 Å². The van der Waals surface area contributed by atoms with E-state index in [0.29, 0.717) is 32.6 Å². The Balaban J connectivity index is 1.57. The molecule has 1 aromatic carbocycles. The zero-order chi connectivity index (χ0) is 22.5. The Labute approximate surface area is 185 Å². The van der Waals surface area contributed by atoms with E-state index in [4.69, 9.17) is 25.6 Å². The summed E-state index contributed by atoms with van der Waals surface area (Å²) < 4.78 is 10.9. The highest BCUT2D eigenvalue weighted by Crippen LogP contribution is 2.54. The molecule has 0 aromatic heterocycles.